The second kappa shape index (κ2) is 4.72. The third-order valence-electron chi connectivity index (χ3n) is 3.29. The van der Waals surface area contributed by atoms with Gasteiger partial charge in [-0.15, -0.1) is 0 Å². The van der Waals surface area contributed by atoms with Crippen LogP contribution in [0.15, 0.2) is 0 Å². The molecule has 3 nitrogen and oxygen atoms in total. The summed E-state index contributed by atoms with van der Waals surface area (Å²) in [4.78, 5) is 7.04. The van der Waals surface area contributed by atoms with Gasteiger partial charge in [-0.25, -0.2) is 4.98 Å². The van der Waals surface area contributed by atoms with Crippen LogP contribution in [0.2, 0.25) is 0 Å². The van der Waals surface area contributed by atoms with Gasteiger partial charge in [0.2, 0.25) is 0 Å². The second-order valence-electron chi connectivity index (χ2n) is 4.94. The summed E-state index contributed by atoms with van der Waals surface area (Å²) >= 11 is 0. The van der Waals surface area contributed by atoms with Gasteiger partial charge in [-0.1, -0.05) is 0 Å². The molecule has 17 heavy (non-hydrogen) atoms. The van der Waals surface area contributed by atoms with E-state index in [2.05, 4.69) is 15.3 Å². The zero-order chi connectivity index (χ0) is 12.5. The number of nitrogens with zero attached hydrogens (tertiary/aromatic N) is 1. The fourth-order valence-corrected chi connectivity index (χ4v) is 2.41. The number of hydrogen-bond acceptors (Lipinski definition) is 2. The second-order valence-corrected chi connectivity index (χ2v) is 4.94. The summed E-state index contributed by atoms with van der Waals surface area (Å²) in [6.07, 6.45) is 2.97. The van der Waals surface area contributed by atoms with Crippen molar-refractivity contribution in [2.75, 3.05) is 13.1 Å². The summed E-state index contributed by atoms with van der Waals surface area (Å²) in [5, 5.41) is 3.29. The smallest absolute Gasteiger partial charge is 0.288 e. The van der Waals surface area contributed by atoms with Crippen molar-refractivity contribution in [1.82, 2.24) is 15.3 Å². The quantitative estimate of drug-likeness (QED) is 0.855. The van der Waals surface area contributed by atoms with Crippen LogP contribution in [0, 0.1) is 12.8 Å². The Morgan fingerprint density at radius 2 is 2.00 bits per heavy atom. The summed E-state index contributed by atoms with van der Waals surface area (Å²) < 4.78 is 26.4. The molecule has 1 saturated heterocycles. The zero-order valence-corrected chi connectivity index (χ0v) is 10.3. The Morgan fingerprint density at radius 3 is 2.53 bits per heavy atom. The zero-order valence-electron chi connectivity index (χ0n) is 10.3. The summed E-state index contributed by atoms with van der Waals surface area (Å²) in [7, 11) is 0. The SMILES string of the molecule is Cc1[nH]c(CC2CCNCC2)nc1C(C)(F)F. The molecular weight excluding hydrogens is 224 g/mol. The summed E-state index contributed by atoms with van der Waals surface area (Å²) in [6.45, 7) is 4.58. The maximum atomic E-state index is 13.2. The fourth-order valence-electron chi connectivity index (χ4n) is 2.41. The van der Waals surface area contributed by atoms with E-state index in [1.807, 2.05) is 0 Å². The van der Waals surface area contributed by atoms with Crippen molar-refractivity contribution in [1.29, 1.82) is 0 Å². The largest absolute Gasteiger partial charge is 0.346 e. The van der Waals surface area contributed by atoms with Crippen molar-refractivity contribution in [2.45, 2.75) is 39.0 Å². The number of halogens is 2. The Labute approximate surface area is 100 Å². The highest BCUT2D eigenvalue weighted by Crippen LogP contribution is 2.28. The number of piperidine rings is 1. The van der Waals surface area contributed by atoms with E-state index in [0.717, 1.165) is 39.3 Å². The monoisotopic (exact) mass is 243 g/mol. The highest BCUT2D eigenvalue weighted by molar-refractivity contribution is 5.17. The third-order valence-corrected chi connectivity index (χ3v) is 3.29. The molecule has 0 aromatic carbocycles. The number of imidazole rings is 1. The molecule has 0 atom stereocenters. The van der Waals surface area contributed by atoms with Crippen molar-refractivity contribution in [3.05, 3.63) is 17.2 Å². The molecule has 0 aliphatic carbocycles. The van der Waals surface area contributed by atoms with E-state index in [0.29, 0.717) is 17.4 Å². The molecule has 2 rings (SSSR count). The van der Waals surface area contributed by atoms with Gasteiger partial charge >= 0.3 is 0 Å². The molecule has 0 bridgehead atoms. The standard InChI is InChI=1S/C12H19F2N3/c1-8-11(12(2,13)14)17-10(16-8)7-9-3-5-15-6-4-9/h9,15H,3-7H2,1-2H3,(H,16,17). The minimum atomic E-state index is -2.85. The first-order chi connectivity index (χ1) is 7.97. The lowest BCUT2D eigenvalue weighted by Crippen LogP contribution is -2.28. The number of alkyl halides is 2. The Hall–Kier alpha value is -0.970. The summed E-state index contributed by atoms with van der Waals surface area (Å²) in [5.74, 6) is -1.60. The average Bonchev–Trinajstić information content (AvgIpc) is 2.60. The van der Waals surface area contributed by atoms with E-state index < -0.39 is 5.92 Å². The third kappa shape index (κ3) is 3.03. The molecule has 0 unspecified atom stereocenters. The van der Waals surface area contributed by atoms with Crippen LogP contribution in [-0.2, 0) is 12.3 Å². The molecule has 0 spiro atoms. The van der Waals surface area contributed by atoms with Crippen molar-refractivity contribution >= 4 is 0 Å². The Morgan fingerprint density at radius 1 is 1.35 bits per heavy atom. The van der Waals surface area contributed by atoms with Crippen LogP contribution in [0.3, 0.4) is 0 Å². The van der Waals surface area contributed by atoms with Crippen LogP contribution in [0.4, 0.5) is 8.78 Å². The van der Waals surface area contributed by atoms with Crippen molar-refractivity contribution in [2.24, 2.45) is 5.92 Å². The average molecular weight is 243 g/mol. The number of aromatic amines is 1. The molecule has 5 heteroatoms. The van der Waals surface area contributed by atoms with Gasteiger partial charge in [0.25, 0.3) is 5.92 Å². The van der Waals surface area contributed by atoms with Gasteiger partial charge in [0.05, 0.1) is 0 Å². The molecule has 0 radical (unpaired) electrons. The summed E-state index contributed by atoms with van der Waals surface area (Å²) in [5.41, 5.74) is 0.378. The minimum absolute atomic E-state index is 0.110. The molecule has 1 fully saturated rings. The number of aromatic nitrogens is 2. The van der Waals surface area contributed by atoms with E-state index in [4.69, 9.17) is 0 Å². The Kier molecular flexibility index (Phi) is 3.47. The van der Waals surface area contributed by atoms with Gasteiger partial charge in [-0.05, 0) is 38.8 Å². The van der Waals surface area contributed by atoms with Gasteiger partial charge in [0, 0.05) is 19.0 Å². The van der Waals surface area contributed by atoms with E-state index in [1.54, 1.807) is 6.92 Å². The van der Waals surface area contributed by atoms with Crippen LogP contribution in [0.25, 0.3) is 0 Å². The van der Waals surface area contributed by atoms with Crippen LogP contribution < -0.4 is 5.32 Å². The minimum Gasteiger partial charge on any atom is -0.346 e. The fraction of sp³-hybridized carbons (Fsp3) is 0.750. The van der Waals surface area contributed by atoms with E-state index >= 15 is 0 Å². The molecule has 96 valence electrons. The maximum absolute atomic E-state index is 13.2. The van der Waals surface area contributed by atoms with E-state index in [9.17, 15) is 8.78 Å². The highest BCUT2D eigenvalue weighted by Gasteiger charge is 2.30. The first-order valence-corrected chi connectivity index (χ1v) is 6.11. The van der Waals surface area contributed by atoms with Crippen molar-refractivity contribution in [3.8, 4) is 0 Å². The first-order valence-electron chi connectivity index (χ1n) is 6.11. The number of nitrogens with one attached hydrogen (secondary N) is 2. The number of H-pyrrole nitrogens is 1. The number of hydrogen-bond donors (Lipinski definition) is 2. The van der Waals surface area contributed by atoms with Gasteiger partial charge < -0.3 is 10.3 Å². The van der Waals surface area contributed by atoms with Crippen LogP contribution in [-0.4, -0.2) is 23.1 Å². The normalized spacial score (nSPS) is 18.6. The van der Waals surface area contributed by atoms with Gasteiger partial charge in [-0.2, -0.15) is 8.78 Å². The van der Waals surface area contributed by atoms with Gasteiger partial charge in [-0.3, -0.25) is 0 Å². The van der Waals surface area contributed by atoms with Crippen LogP contribution >= 0.6 is 0 Å². The molecule has 1 aliphatic rings. The molecule has 2 N–H and O–H groups in total. The molecule has 0 amide bonds. The molecule has 0 saturated carbocycles. The van der Waals surface area contributed by atoms with E-state index in [-0.39, 0.29) is 5.69 Å². The van der Waals surface area contributed by atoms with Crippen LogP contribution in [0.1, 0.15) is 37.0 Å². The predicted molar refractivity (Wildman–Crippen MR) is 62.2 cm³/mol. The van der Waals surface area contributed by atoms with Crippen molar-refractivity contribution < 1.29 is 8.78 Å². The van der Waals surface area contributed by atoms with Crippen molar-refractivity contribution in [3.63, 3.8) is 0 Å². The molecule has 2 heterocycles. The maximum Gasteiger partial charge on any atom is 0.288 e. The molecule has 1 aliphatic heterocycles. The number of aryl methyl sites for hydroxylation is 1. The lowest BCUT2D eigenvalue weighted by Gasteiger charge is -2.21. The van der Waals surface area contributed by atoms with Crippen LogP contribution in [0.5, 0.6) is 0 Å². The highest BCUT2D eigenvalue weighted by atomic mass is 19.3. The molecule has 1 aromatic rings. The topological polar surface area (TPSA) is 40.7 Å². The predicted octanol–water partition coefficient (Wildman–Crippen LogP) is 2.37. The molecule has 1 aromatic heterocycles. The Bertz CT molecular complexity index is 376. The van der Waals surface area contributed by atoms with Gasteiger partial charge in [0.1, 0.15) is 11.5 Å². The van der Waals surface area contributed by atoms with E-state index in [1.165, 1.54) is 0 Å². The lowest BCUT2D eigenvalue weighted by molar-refractivity contribution is 0.0124. The summed E-state index contributed by atoms with van der Waals surface area (Å²) in [6, 6.07) is 0. The van der Waals surface area contributed by atoms with Gasteiger partial charge in [0.15, 0.2) is 0 Å². The molecular formula is C12H19F2N3. The lowest BCUT2D eigenvalue weighted by atomic mass is 9.94. The Balaban J connectivity index is 2.06. The number of rotatable bonds is 3. The first kappa shape index (κ1) is 12.5.